The Morgan fingerprint density at radius 2 is 2.07 bits per heavy atom. The molecule has 1 heterocycles. The van der Waals surface area contributed by atoms with Gasteiger partial charge in [-0.1, -0.05) is 31.5 Å². The Bertz CT molecular complexity index is 760. The summed E-state index contributed by atoms with van der Waals surface area (Å²) >= 11 is 6.22. The molecule has 2 rings (SSSR count). The Balaban J connectivity index is 0.00000364. The van der Waals surface area contributed by atoms with Crippen LogP contribution in [0.25, 0.3) is 0 Å². The Labute approximate surface area is 182 Å². The SMILES string of the molecule is CCNC(=NCC(C)(C)c1ccc(F)cc1Cl)NCCc1cnn(C)c1.I. The summed E-state index contributed by atoms with van der Waals surface area (Å²) in [6.45, 7) is 8.19. The van der Waals surface area contributed by atoms with Gasteiger partial charge in [-0.25, -0.2) is 4.39 Å². The molecule has 1 aromatic heterocycles. The Hall–Kier alpha value is -1.35. The van der Waals surface area contributed by atoms with E-state index in [-0.39, 0.29) is 35.2 Å². The fourth-order valence-electron chi connectivity index (χ4n) is 2.67. The number of aromatic nitrogens is 2. The van der Waals surface area contributed by atoms with Crippen LogP contribution in [0.2, 0.25) is 5.02 Å². The predicted octanol–water partition coefficient (Wildman–Crippen LogP) is 3.91. The van der Waals surface area contributed by atoms with E-state index in [1.54, 1.807) is 10.7 Å². The molecule has 0 saturated heterocycles. The maximum absolute atomic E-state index is 13.3. The maximum Gasteiger partial charge on any atom is 0.191 e. The highest BCUT2D eigenvalue weighted by Crippen LogP contribution is 2.30. The quantitative estimate of drug-likeness (QED) is 0.339. The average Bonchev–Trinajstić information content (AvgIpc) is 2.97. The van der Waals surface area contributed by atoms with Crippen molar-refractivity contribution in [1.29, 1.82) is 0 Å². The molecule has 150 valence electrons. The minimum absolute atomic E-state index is 0. The lowest BCUT2D eigenvalue weighted by Crippen LogP contribution is -2.39. The lowest BCUT2D eigenvalue weighted by molar-refractivity contribution is 0.535. The Kier molecular flexibility index (Phi) is 9.52. The minimum atomic E-state index is -0.330. The van der Waals surface area contributed by atoms with Gasteiger partial charge in [-0.05, 0) is 36.6 Å². The van der Waals surface area contributed by atoms with Crippen molar-refractivity contribution >= 4 is 41.5 Å². The topological polar surface area (TPSA) is 54.2 Å². The van der Waals surface area contributed by atoms with Crippen LogP contribution in [0.4, 0.5) is 4.39 Å². The average molecular weight is 508 g/mol. The number of nitrogens with one attached hydrogen (secondary N) is 2. The number of rotatable bonds is 7. The largest absolute Gasteiger partial charge is 0.357 e. The van der Waals surface area contributed by atoms with Gasteiger partial charge in [-0.3, -0.25) is 9.67 Å². The number of guanidine groups is 1. The Morgan fingerprint density at radius 3 is 2.67 bits per heavy atom. The summed E-state index contributed by atoms with van der Waals surface area (Å²) in [5.74, 6) is 0.422. The van der Waals surface area contributed by atoms with Crippen molar-refractivity contribution in [2.45, 2.75) is 32.6 Å². The summed E-state index contributed by atoms with van der Waals surface area (Å²) in [5.41, 5.74) is 1.75. The first kappa shape index (κ1) is 23.7. The van der Waals surface area contributed by atoms with Crippen LogP contribution < -0.4 is 10.6 Å². The zero-order valence-corrected chi connectivity index (χ0v) is 19.3. The van der Waals surface area contributed by atoms with Crippen molar-refractivity contribution in [2.24, 2.45) is 12.0 Å². The monoisotopic (exact) mass is 507 g/mol. The third-order valence-corrected chi connectivity index (χ3v) is 4.41. The normalized spacial score (nSPS) is 11.9. The lowest BCUT2D eigenvalue weighted by atomic mass is 9.84. The molecule has 0 radical (unpaired) electrons. The summed E-state index contributed by atoms with van der Waals surface area (Å²) in [5, 5.41) is 11.2. The van der Waals surface area contributed by atoms with Gasteiger partial charge in [0.15, 0.2) is 5.96 Å². The number of hydrogen-bond donors (Lipinski definition) is 2. The van der Waals surface area contributed by atoms with E-state index in [2.05, 4.69) is 34.6 Å². The van der Waals surface area contributed by atoms with Crippen LogP contribution in [0.15, 0.2) is 35.6 Å². The number of aryl methyl sites for hydroxylation is 1. The molecular formula is C19H28ClFIN5. The fourth-order valence-corrected chi connectivity index (χ4v) is 3.09. The minimum Gasteiger partial charge on any atom is -0.357 e. The molecule has 5 nitrogen and oxygen atoms in total. The zero-order chi connectivity index (χ0) is 19.2. The van der Waals surface area contributed by atoms with Crippen molar-refractivity contribution in [2.75, 3.05) is 19.6 Å². The van der Waals surface area contributed by atoms with Crippen LogP contribution in [0, 0.1) is 5.82 Å². The number of halogens is 3. The fraction of sp³-hybridized carbons (Fsp3) is 0.474. The van der Waals surface area contributed by atoms with E-state index in [4.69, 9.17) is 11.6 Å². The van der Waals surface area contributed by atoms with Crippen molar-refractivity contribution in [1.82, 2.24) is 20.4 Å². The van der Waals surface area contributed by atoms with E-state index < -0.39 is 0 Å². The summed E-state index contributed by atoms with van der Waals surface area (Å²) in [7, 11) is 1.91. The van der Waals surface area contributed by atoms with Crippen LogP contribution >= 0.6 is 35.6 Å². The van der Waals surface area contributed by atoms with E-state index in [1.807, 2.05) is 26.4 Å². The standard InChI is InChI=1S/C19H27ClFN5.HI/c1-5-22-18(23-9-8-14-11-25-26(4)12-14)24-13-19(2,3)16-7-6-15(21)10-17(16)20;/h6-7,10-12H,5,8-9,13H2,1-4H3,(H2,22,23,24);1H. The smallest absolute Gasteiger partial charge is 0.191 e. The second kappa shape index (κ2) is 10.8. The van der Waals surface area contributed by atoms with Gasteiger partial charge >= 0.3 is 0 Å². The van der Waals surface area contributed by atoms with Crippen LogP contribution in [0.5, 0.6) is 0 Å². The van der Waals surface area contributed by atoms with Gasteiger partial charge in [0.2, 0.25) is 0 Å². The van der Waals surface area contributed by atoms with Crippen molar-refractivity contribution in [3.8, 4) is 0 Å². The molecule has 0 spiro atoms. The van der Waals surface area contributed by atoms with Gasteiger partial charge in [0.1, 0.15) is 5.82 Å². The van der Waals surface area contributed by atoms with Gasteiger partial charge < -0.3 is 10.6 Å². The molecule has 0 aliphatic heterocycles. The summed E-state index contributed by atoms with van der Waals surface area (Å²) in [4.78, 5) is 4.68. The first-order valence-electron chi connectivity index (χ1n) is 8.77. The maximum atomic E-state index is 13.3. The molecule has 0 saturated carbocycles. The lowest BCUT2D eigenvalue weighted by Gasteiger charge is -2.25. The van der Waals surface area contributed by atoms with Gasteiger partial charge in [0.25, 0.3) is 0 Å². The number of aliphatic imine (C=N–C) groups is 1. The van der Waals surface area contributed by atoms with E-state index in [9.17, 15) is 4.39 Å². The van der Waals surface area contributed by atoms with Crippen LogP contribution in [0.1, 0.15) is 31.9 Å². The molecule has 2 N–H and O–H groups in total. The highest BCUT2D eigenvalue weighted by atomic mass is 127. The number of benzene rings is 1. The molecule has 0 amide bonds. The molecule has 8 heteroatoms. The number of nitrogens with zero attached hydrogens (tertiary/aromatic N) is 3. The summed E-state index contributed by atoms with van der Waals surface area (Å²) < 4.78 is 15.1. The second-order valence-corrected chi connectivity index (χ2v) is 7.31. The molecule has 0 fully saturated rings. The van der Waals surface area contributed by atoms with Gasteiger partial charge in [0, 0.05) is 36.8 Å². The molecule has 0 atom stereocenters. The molecule has 1 aromatic carbocycles. The highest BCUT2D eigenvalue weighted by molar-refractivity contribution is 14.0. The molecule has 0 aliphatic rings. The molecule has 27 heavy (non-hydrogen) atoms. The van der Waals surface area contributed by atoms with Gasteiger partial charge in [0.05, 0.1) is 12.7 Å². The van der Waals surface area contributed by atoms with Crippen LogP contribution in [0.3, 0.4) is 0 Å². The third kappa shape index (κ3) is 7.29. The molecule has 2 aromatic rings. The van der Waals surface area contributed by atoms with E-state index in [1.165, 1.54) is 17.7 Å². The predicted molar refractivity (Wildman–Crippen MR) is 121 cm³/mol. The third-order valence-electron chi connectivity index (χ3n) is 4.10. The molecule has 0 unspecified atom stereocenters. The Morgan fingerprint density at radius 1 is 1.33 bits per heavy atom. The van der Waals surface area contributed by atoms with E-state index >= 15 is 0 Å². The van der Waals surface area contributed by atoms with Gasteiger partial charge in [-0.2, -0.15) is 5.10 Å². The number of hydrogen-bond acceptors (Lipinski definition) is 2. The first-order chi connectivity index (χ1) is 12.3. The molecule has 0 bridgehead atoms. The molecule has 0 aliphatic carbocycles. The van der Waals surface area contributed by atoms with E-state index in [0.29, 0.717) is 11.6 Å². The highest BCUT2D eigenvalue weighted by Gasteiger charge is 2.23. The second-order valence-electron chi connectivity index (χ2n) is 6.90. The zero-order valence-electron chi connectivity index (χ0n) is 16.2. The van der Waals surface area contributed by atoms with E-state index in [0.717, 1.165) is 31.0 Å². The summed E-state index contributed by atoms with van der Waals surface area (Å²) in [6, 6.07) is 4.51. The van der Waals surface area contributed by atoms with Gasteiger partial charge in [-0.15, -0.1) is 24.0 Å². The van der Waals surface area contributed by atoms with Crippen molar-refractivity contribution < 1.29 is 4.39 Å². The molecular weight excluding hydrogens is 480 g/mol. The summed E-state index contributed by atoms with van der Waals surface area (Å²) in [6.07, 6.45) is 4.74. The van der Waals surface area contributed by atoms with Crippen LogP contribution in [-0.4, -0.2) is 35.4 Å². The van der Waals surface area contributed by atoms with Crippen LogP contribution in [-0.2, 0) is 18.9 Å². The first-order valence-corrected chi connectivity index (χ1v) is 9.15. The van der Waals surface area contributed by atoms with Crippen molar-refractivity contribution in [3.63, 3.8) is 0 Å². The van der Waals surface area contributed by atoms with Crippen molar-refractivity contribution in [3.05, 3.63) is 52.6 Å².